The molecular formula is C18H28N3O6+. The van der Waals surface area contributed by atoms with Gasteiger partial charge in [-0.05, 0) is 13.8 Å². The van der Waals surface area contributed by atoms with E-state index in [-0.39, 0.29) is 12.2 Å². The predicted molar refractivity (Wildman–Crippen MR) is 95.0 cm³/mol. The molecule has 0 amide bonds. The molecule has 4 heterocycles. The van der Waals surface area contributed by atoms with Crippen LogP contribution in [0.15, 0.2) is 15.8 Å². The first-order chi connectivity index (χ1) is 12.7. The molecular weight excluding hydrogens is 354 g/mol. The van der Waals surface area contributed by atoms with Crippen LogP contribution in [0.2, 0.25) is 0 Å². The maximum atomic E-state index is 12.5. The number of aromatic nitrogens is 2. The molecule has 3 aliphatic rings. The van der Waals surface area contributed by atoms with Gasteiger partial charge < -0.3 is 23.8 Å². The van der Waals surface area contributed by atoms with Crippen LogP contribution in [0.3, 0.4) is 0 Å². The van der Waals surface area contributed by atoms with Crippen molar-refractivity contribution < 1.29 is 23.8 Å². The van der Waals surface area contributed by atoms with Gasteiger partial charge in [-0.1, -0.05) is 0 Å². The molecule has 2 N–H and O–H groups in total. The summed E-state index contributed by atoms with van der Waals surface area (Å²) in [6.45, 7) is 5.92. The van der Waals surface area contributed by atoms with Gasteiger partial charge in [-0.2, -0.15) is 0 Å². The van der Waals surface area contributed by atoms with Gasteiger partial charge in [0.25, 0.3) is 5.56 Å². The number of aromatic amines is 1. The lowest BCUT2D eigenvalue weighted by atomic mass is 10.1. The third-order valence-corrected chi connectivity index (χ3v) is 5.82. The molecule has 9 nitrogen and oxygen atoms in total. The highest BCUT2D eigenvalue weighted by Crippen LogP contribution is 2.42. The Morgan fingerprint density at radius 1 is 1.26 bits per heavy atom. The number of nitrogens with one attached hydrogen (secondary N) is 1. The summed E-state index contributed by atoms with van der Waals surface area (Å²) in [5, 5.41) is 9.63. The molecule has 0 aromatic carbocycles. The van der Waals surface area contributed by atoms with E-state index in [1.54, 1.807) is 20.0 Å². The van der Waals surface area contributed by atoms with Gasteiger partial charge in [0, 0.05) is 19.0 Å². The number of fused-ring (bicyclic) bond motifs is 1. The fraction of sp³-hybridized carbons (Fsp3) is 0.778. The van der Waals surface area contributed by atoms with Crippen molar-refractivity contribution in [3.63, 3.8) is 0 Å². The van der Waals surface area contributed by atoms with Gasteiger partial charge in [-0.25, -0.2) is 4.79 Å². The Balaban J connectivity index is 1.68. The summed E-state index contributed by atoms with van der Waals surface area (Å²) in [6.07, 6.45) is 1.50. The molecule has 4 rings (SSSR count). The van der Waals surface area contributed by atoms with Crippen molar-refractivity contribution in [2.45, 2.75) is 63.6 Å². The molecule has 0 saturated carbocycles. The number of hydrogen-bond acceptors (Lipinski definition) is 6. The number of quaternary nitrogens is 1. The summed E-state index contributed by atoms with van der Waals surface area (Å²) < 4.78 is 19.8. The van der Waals surface area contributed by atoms with Crippen molar-refractivity contribution in [3.8, 4) is 0 Å². The van der Waals surface area contributed by atoms with E-state index < -0.39 is 36.0 Å². The van der Waals surface area contributed by atoms with E-state index >= 15 is 0 Å². The fourth-order valence-corrected chi connectivity index (χ4v) is 4.53. The standard InChI is InChI=1S/C18H27N3O6/c1-18(2)26-13-12(10-22)25-16(14(13)27-18)20-8-11(15(23)19-17(20)24)9-21(3)6-4-5-7-21/h8,12-14,16,22H,4-7,9-10H2,1-3H3/p+1/t12-,13+,14?,16-/m1/s1. The minimum Gasteiger partial charge on any atom is -0.394 e. The maximum Gasteiger partial charge on any atom is 0.330 e. The SMILES string of the molecule is CC1(C)OC2[C@@H](O1)[C@@H](CO)O[C@H]2n1cc(C[N+]2(C)CCCC2)c(=O)[nH]c1=O. The molecule has 3 aliphatic heterocycles. The van der Waals surface area contributed by atoms with Crippen molar-refractivity contribution in [2.24, 2.45) is 0 Å². The zero-order valence-corrected chi connectivity index (χ0v) is 16.0. The van der Waals surface area contributed by atoms with Crippen LogP contribution in [0.5, 0.6) is 0 Å². The number of nitrogens with zero attached hydrogens (tertiary/aromatic N) is 2. The normalized spacial score (nSPS) is 34.1. The van der Waals surface area contributed by atoms with Crippen molar-refractivity contribution in [2.75, 3.05) is 26.7 Å². The Kier molecular flexibility index (Phi) is 4.55. The van der Waals surface area contributed by atoms with Gasteiger partial charge in [-0.3, -0.25) is 14.3 Å². The minimum atomic E-state index is -0.826. The van der Waals surface area contributed by atoms with Crippen LogP contribution < -0.4 is 11.2 Å². The van der Waals surface area contributed by atoms with E-state index in [2.05, 4.69) is 12.0 Å². The van der Waals surface area contributed by atoms with Crippen LogP contribution >= 0.6 is 0 Å². The lowest BCUT2D eigenvalue weighted by molar-refractivity contribution is -0.911. The highest BCUT2D eigenvalue weighted by atomic mass is 16.8. The number of aliphatic hydroxyl groups is 1. The first-order valence-electron chi connectivity index (χ1n) is 9.51. The van der Waals surface area contributed by atoms with E-state index in [9.17, 15) is 14.7 Å². The van der Waals surface area contributed by atoms with Gasteiger partial charge in [0.05, 0.1) is 32.3 Å². The summed E-state index contributed by atoms with van der Waals surface area (Å²) in [7, 11) is 2.13. The Morgan fingerprint density at radius 3 is 2.59 bits per heavy atom. The third kappa shape index (κ3) is 3.38. The van der Waals surface area contributed by atoms with E-state index in [4.69, 9.17) is 14.2 Å². The monoisotopic (exact) mass is 382 g/mol. The fourth-order valence-electron chi connectivity index (χ4n) is 4.53. The van der Waals surface area contributed by atoms with Gasteiger partial charge in [0.2, 0.25) is 0 Å². The Morgan fingerprint density at radius 2 is 1.93 bits per heavy atom. The Labute approximate surface area is 157 Å². The molecule has 150 valence electrons. The number of likely N-dealkylation sites (tertiary alicyclic amines) is 1. The van der Waals surface area contributed by atoms with Crippen molar-refractivity contribution >= 4 is 0 Å². The van der Waals surface area contributed by atoms with E-state index in [1.165, 1.54) is 4.57 Å². The van der Waals surface area contributed by atoms with Crippen LogP contribution in [-0.4, -0.2) is 70.0 Å². The van der Waals surface area contributed by atoms with E-state index in [1.807, 2.05) is 0 Å². The smallest absolute Gasteiger partial charge is 0.330 e. The average molecular weight is 382 g/mol. The summed E-state index contributed by atoms with van der Waals surface area (Å²) in [5.41, 5.74) is -0.368. The highest BCUT2D eigenvalue weighted by Gasteiger charge is 2.56. The quantitative estimate of drug-likeness (QED) is 0.693. The molecule has 27 heavy (non-hydrogen) atoms. The molecule has 3 saturated heterocycles. The summed E-state index contributed by atoms with van der Waals surface area (Å²) >= 11 is 0. The first-order valence-corrected chi connectivity index (χ1v) is 9.51. The van der Waals surface area contributed by atoms with E-state index in [0.29, 0.717) is 12.1 Å². The lowest BCUT2D eigenvalue weighted by Gasteiger charge is -2.29. The minimum absolute atomic E-state index is 0.239. The predicted octanol–water partition coefficient (Wildman–Crippen LogP) is -0.313. The van der Waals surface area contributed by atoms with Crippen LogP contribution in [0.4, 0.5) is 0 Å². The molecule has 0 spiro atoms. The third-order valence-electron chi connectivity index (χ3n) is 5.82. The molecule has 0 bridgehead atoms. The molecule has 0 aliphatic carbocycles. The number of hydrogen-bond donors (Lipinski definition) is 2. The van der Waals surface area contributed by atoms with E-state index in [0.717, 1.165) is 30.4 Å². The Bertz CT molecular complexity index is 825. The molecule has 9 heteroatoms. The van der Waals surface area contributed by atoms with Crippen molar-refractivity contribution in [1.82, 2.24) is 9.55 Å². The average Bonchev–Trinajstić information content (AvgIpc) is 3.23. The molecule has 3 fully saturated rings. The molecule has 1 unspecified atom stereocenters. The molecule has 1 aromatic heterocycles. The zero-order valence-electron chi connectivity index (χ0n) is 16.0. The van der Waals surface area contributed by atoms with Gasteiger partial charge in [0.15, 0.2) is 12.0 Å². The topological polar surface area (TPSA) is 103 Å². The second-order valence-electron chi connectivity index (χ2n) is 8.57. The second-order valence-corrected chi connectivity index (χ2v) is 8.57. The van der Waals surface area contributed by atoms with Crippen molar-refractivity contribution in [3.05, 3.63) is 32.6 Å². The Hall–Kier alpha value is -1.52. The summed E-state index contributed by atoms with van der Waals surface area (Å²) in [6, 6.07) is 0. The van der Waals surface area contributed by atoms with Crippen LogP contribution in [0, 0.1) is 0 Å². The number of aliphatic hydroxyl groups excluding tert-OH is 1. The largest absolute Gasteiger partial charge is 0.394 e. The zero-order chi connectivity index (χ0) is 19.4. The summed E-state index contributed by atoms with van der Waals surface area (Å²) in [4.78, 5) is 27.3. The molecule has 1 aromatic rings. The first kappa shape index (κ1) is 18.8. The van der Waals surface area contributed by atoms with Crippen LogP contribution in [0.25, 0.3) is 0 Å². The number of ether oxygens (including phenoxy) is 3. The molecule has 0 radical (unpaired) electrons. The maximum absolute atomic E-state index is 12.5. The molecule has 4 atom stereocenters. The lowest BCUT2D eigenvalue weighted by Crippen LogP contribution is -2.44. The number of H-pyrrole nitrogens is 1. The van der Waals surface area contributed by atoms with Crippen LogP contribution in [-0.2, 0) is 20.8 Å². The van der Waals surface area contributed by atoms with Gasteiger partial charge in [0.1, 0.15) is 24.9 Å². The second kappa shape index (κ2) is 6.52. The van der Waals surface area contributed by atoms with Gasteiger partial charge >= 0.3 is 5.69 Å². The number of rotatable bonds is 4. The van der Waals surface area contributed by atoms with Crippen molar-refractivity contribution in [1.29, 1.82) is 0 Å². The van der Waals surface area contributed by atoms with Crippen LogP contribution in [0.1, 0.15) is 38.5 Å². The van der Waals surface area contributed by atoms with Gasteiger partial charge in [-0.15, -0.1) is 0 Å². The summed E-state index contributed by atoms with van der Waals surface area (Å²) in [5.74, 6) is -0.826. The highest BCUT2D eigenvalue weighted by molar-refractivity contribution is 5.06.